The zero-order valence-corrected chi connectivity index (χ0v) is 21.8. The summed E-state index contributed by atoms with van der Waals surface area (Å²) in [6, 6.07) is 15.1. The molecule has 1 aromatic heterocycles. The number of carbonyl (C=O) groups excluding carboxylic acids is 1. The van der Waals surface area contributed by atoms with Crippen LogP contribution in [0.25, 0.3) is 22.3 Å². The van der Waals surface area contributed by atoms with Gasteiger partial charge in [-0.25, -0.2) is 0 Å². The summed E-state index contributed by atoms with van der Waals surface area (Å²) in [5, 5.41) is 3.42. The molecule has 1 N–H and O–H groups in total. The van der Waals surface area contributed by atoms with Gasteiger partial charge in [0.15, 0.2) is 23.4 Å². The van der Waals surface area contributed by atoms with Gasteiger partial charge in [-0.15, -0.1) is 0 Å². The summed E-state index contributed by atoms with van der Waals surface area (Å²) in [7, 11) is 4.59. The van der Waals surface area contributed by atoms with E-state index in [-0.39, 0.29) is 16.9 Å². The first kappa shape index (κ1) is 25.9. The van der Waals surface area contributed by atoms with E-state index in [1.165, 1.54) is 20.3 Å². The molecule has 0 saturated carbocycles. The molecule has 0 saturated heterocycles. The van der Waals surface area contributed by atoms with E-state index in [1.807, 2.05) is 6.92 Å². The Morgan fingerprint density at radius 3 is 2.30 bits per heavy atom. The molecule has 4 rings (SSSR count). The zero-order valence-electron chi connectivity index (χ0n) is 21.0. The number of nitrogens with one attached hydrogen (secondary N) is 1. The van der Waals surface area contributed by atoms with Crippen molar-refractivity contribution in [2.24, 2.45) is 0 Å². The predicted octanol–water partition coefficient (Wildman–Crippen LogP) is 5.85. The molecule has 1 amide bonds. The topological polar surface area (TPSA) is 96.2 Å². The lowest BCUT2D eigenvalue weighted by Crippen LogP contribution is -2.31. The van der Waals surface area contributed by atoms with Gasteiger partial charge in [0.1, 0.15) is 11.3 Å². The number of fused-ring (bicyclic) bond motifs is 1. The first-order valence-electron chi connectivity index (χ1n) is 11.4. The molecule has 0 spiro atoms. The molecule has 0 aliphatic rings. The third-order valence-electron chi connectivity index (χ3n) is 5.80. The third kappa shape index (κ3) is 5.34. The number of rotatable bonds is 8. The number of aryl methyl sites for hydroxylation is 1. The van der Waals surface area contributed by atoms with Crippen LogP contribution in [-0.4, -0.2) is 33.3 Å². The first-order valence-corrected chi connectivity index (χ1v) is 11.7. The van der Waals surface area contributed by atoms with Crippen LogP contribution in [0, 0.1) is 6.92 Å². The average Bonchev–Trinajstić information content (AvgIpc) is 2.91. The maximum atomic E-state index is 13.6. The molecule has 3 aromatic carbocycles. The summed E-state index contributed by atoms with van der Waals surface area (Å²) in [5.74, 6) is 1.16. The molecule has 0 aliphatic carbocycles. The van der Waals surface area contributed by atoms with E-state index in [9.17, 15) is 9.59 Å². The van der Waals surface area contributed by atoms with Gasteiger partial charge in [0.05, 0.1) is 26.7 Å². The van der Waals surface area contributed by atoms with Crippen LogP contribution in [0.15, 0.2) is 63.8 Å². The normalized spacial score (nSPS) is 11.6. The van der Waals surface area contributed by atoms with E-state index in [0.29, 0.717) is 39.1 Å². The second-order valence-electron chi connectivity index (χ2n) is 8.23. The van der Waals surface area contributed by atoms with Crippen LogP contribution in [0.4, 0.5) is 5.69 Å². The fourth-order valence-corrected chi connectivity index (χ4v) is 3.89. The molecule has 1 heterocycles. The number of hydrogen-bond donors (Lipinski definition) is 1. The van der Waals surface area contributed by atoms with E-state index in [4.69, 9.17) is 35.0 Å². The lowest BCUT2D eigenvalue weighted by Gasteiger charge is -2.18. The zero-order chi connectivity index (χ0) is 26.7. The lowest BCUT2D eigenvalue weighted by molar-refractivity contribution is -0.122. The Kier molecular flexibility index (Phi) is 7.59. The van der Waals surface area contributed by atoms with Crippen LogP contribution in [-0.2, 0) is 4.79 Å². The van der Waals surface area contributed by atoms with Crippen molar-refractivity contribution in [3.63, 3.8) is 0 Å². The molecule has 1 atom stereocenters. The molecule has 9 heteroatoms. The minimum absolute atomic E-state index is 0.128. The highest BCUT2D eigenvalue weighted by molar-refractivity contribution is 6.32. The molecule has 0 fully saturated rings. The molecule has 1 unspecified atom stereocenters. The number of anilines is 1. The van der Waals surface area contributed by atoms with Gasteiger partial charge in [0.25, 0.3) is 5.91 Å². The van der Waals surface area contributed by atoms with Crippen molar-refractivity contribution < 1.29 is 28.2 Å². The average molecular weight is 524 g/mol. The highest BCUT2D eigenvalue weighted by Gasteiger charge is 2.24. The molecular weight excluding hydrogens is 498 g/mol. The van der Waals surface area contributed by atoms with E-state index in [0.717, 1.165) is 5.56 Å². The second-order valence-corrected chi connectivity index (χ2v) is 8.64. The Labute approximate surface area is 218 Å². The Balaban J connectivity index is 1.77. The van der Waals surface area contributed by atoms with Crippen molar-refractivity contribution in [1.82, 2.24) is 0 Å². The van der Waals surface area contributed by atoms with Gasteiger partial charge in [0.2, 0.25) is 11.2 Å². The van der Waals surface area contributed by atoms with Crippen molar-refractivity contribution in [3.8, 4) is 34.3 Å². The van der Waals surface area contributed by atoms with Crippen LogP contribution >= 0.6 is 11.6 Å². The number of carbonyl (C=O) groups is 1. The minimum atomic E-state index is -1.04. The predicted molar refractivity (Wildman–Crippen MR) is 142 cm³/mol. The molecular formula is C28H26ClNO7. The number of ether oxygens (including phenoxy) is 4. The van der Waals surface area contributed by atoms with Gasteiger partial charge < -0.3 is 28.7 Å². The minimum Gasteiger partial charge on any atom is -0.497 e. The molecule has 0 aliphatic heterocycles. The molecule has 4 aromatic rings. The number of amides is 1. The van der Waals surface area contributed by atoms with Crippen LogP contribution in [0.3, 0.4) is 0 Å². The van der Waals surface area contributed by atoms with Crippen molar-refractivity contribution in [2.45, 2.75) is 20.0 Å². The Hall–Kier alpha value is -4.17. The summed E-state index contributed by atoms with van der Waals surface area (Å²) >= 11 is 6.28. The van der Waals surface area contributed by atoms with Crippen molar-refractivity contribution in [3.05, 3.63) is 75.4 Å². The molecule has 37 heavy (non-hydrogen) atoms. The molecule has 0 bridgehead atoms. The molecule has 192 valence electrons. The number of methoxy groups -OCH3 is 3. The SMILES string of the molecule is COc1ccc(NC(=O)C(C)Oc2c(-c3ccc(OC)c(OC)c3)oc3cc(C)c(Cl)cc3c2=O)cc1. The van der Waals surface area contributed by atoms with Crippen LogP contribution in [0.1, 0.15) is 12.5 Å². The monoisotopic (exact) mass is 523 g/mol. The Morgan fingerprint density at radius 1 is 0.946 bits per heavy atom. The number of halogens is 1. The summed E-state index contributed by atoms with van der Waals surface area (Å²) in [5.41, 5.74) is 1.67. The van der Waals surface area contributed by atoms with Crippen LogP contribution in [0.5, 0.6) is 23.0 Å². The molecule has 0 radical (unpaired) electrons. The van der Waals surface area contributed by atoms with E-state index in [2.05, 4.69) is 5.32 Å². The fourth-order valence-electron chi connectivity index (χ4n) is 3.72. The van der Waals surface area contributed by atoms with Gasteiger partial charge >= 0.3 is 0 Å². The van der Waals surface area contributed by atoms with Gasteiger partial charge in [-0.3, -0.25) is 9.59 Å². The van der Waals surface area contributed by atoms with Crippen molar-refractivity contribution in [2.75, 3.05) is 26.6 Å². The summed E-state index contributed by atoms with van der Waals surface area (Å²) in [6.07, 6.45) is -1.04. The summed E-state index contributed by atoms with van der Waals surface area (Å²) < 4.78 is 28.0. The first-order chi connectivity index (χ1) is 17.7. The van der Waals surface area contributed by atoms with Gasteiger partial charge in [0, 0.05) is 16.3 Å². The number of benzene rings is 3. The maximum absolute atomic E-state index is 13.6. The maximum Gasteiger partial charge on any atom is 0.265 e. The Bertz CT molecular complexity index is 1510. The van der Waals surface area contributed by atoms with E-state index in [1.54, 1.807) is 62.6 Å². The van der Waals surface area contributed by atoms with Crippen LogP contribution in [0.2, 0.25) is 5.02 Å². The smallest absolute Gasteiger partial charge is 0.265 e. The van der Waals surface area contributed by atoms with E-state index < -0.39 is 17.4 Å². The highest BCUT2D eigenvalue weighted by Crippen LogP contribution is 2.37. The standard InChI is InChI=1S/C28H26ClNO7/c1-15-12-23-20(14-21(15)29)25(31)27(26(37-23)17-6-11-22(34-4)24(13-17)35-5)36-16(2)28(32)30-18-7-9-19(33-3)10-8-18/h6-14,16H,1-5H3,(H,30,32). The molecule has 8 nitrogen and oxygen atoms in total. The summed E-state index contributed by atoms with van der Waals surface area (Å²) in [4.78, 5) is 26.5. The van der Waals surface area contributed by atoms with Gasteiger partial charge in [-0.1, -0.05) is 11.6 Å². The fraction of sp³-hybridized carbons (Fsp3) is 0.214. The Morgan fingerprint density at radius 2 is 1.65 bits per heavy atom. The van der Waals surface area contributed by atoms with Crippen LogP contribution < -0.4 is 29.7 Å². The van der Waals surface area contributed by atoms with Gasteiger partial charge in [-0.2, -0.15) is 0 Å². The quantitative estimate of drug-likeness (QED) is 0.309. The third-order valence-corrected chi connectivity index (χ3v) is 6.20. The second kappa shape index (κ2) is 10.8. The van der Waals surface area contributed by atoms with E-state index >= 15 is 0 Å². The number of hydrogen-bond acceptors (Lipinski definition) is 7. The lowest BCUT2D eigenvalue weighted by atomic mass is 10.1. The highest BCUT2D eigenvalue weighted by atomic mass is 35.5. The largest absolute Gasteiger partial charge is 0.497 e. The van der Waals surface area contributed by atoms with Crippen molar-refractivity contribution >= 4 is 34.2 Å². The summed E-state index contributed by atoms with van der Waals surface area (Å²) in [6.45, 7) is 3.36. The van der Waals surface area contributed by atoms with Gasteiger partial charge in [-0.05, 0) is 74.0 Å². The van der Waals surface area contributed by atoms with Crippen molar-refractivity contribution in [1.29, 1.82) is 0 Å².